The van der Waals surface area contributed by atoms with Crippen LogP contribution in [0.1, 0.15) is 26.3 Å². The number of nitrogens with zero attached hydrogens (tertiary/aromatic N) is 3. The lowest BCUT2D eigenvalue weighted by Gasteiger charge is -2.18. The Morgan fingerprint density at radius 1 is 1.03 bits per heavy atom. The molecule has 0 spiro atoms. The van der Waals surface area contributed by atoms with Crippen molar-refractivity contribution >= 4 is 33.7 Å². The standard InChI is InChI=1S/C25H23N5O2/c1-25(2,3)15-8-13-19-20(14-15)28-23(27-19)22-18-6-4-5-7-21(18)30(29-22)24(32)26-16-9-11-17(31)12-10-16/h4-14,31H,1-3H3,(H,26,32)(H,27,28). The molecule has 0 unspecified atom stereocenters. The van der Waals surface area contributed by atoms with Crippen molar-refractivity contribution in [1.82, 2.24) is 19.7 Å². The maximum absolute atomic E-state index is 13.0. The number of carbonyl (C=O) groups is 1. The second kappa shape index (κ2) is 7.23. The van der Waals surface area contributed by atoms with Crippen molar-refractivity contribution in [2.75, 3.05) is 5.32 Å². The Morgan fingerprint density at radius 3 is 2.53 bits per heavy atom. The van der Waals surface area contributed by atoms with Gasteiger partial charge in [-0.05, 0) is 53.4 Å². The van der Waals surface area contributed by atoms with Crippen molar-refractivity contribution in [3.05, 3.63) is 72.3 Å². The van der Waals surface area contributed by atoms with Crippen LogP contribution in [0.4, 0.5) is 10.5 Å². The normalized spacial score (nSPS) is 11.8. The van der Waals surface area contributed by atoms with Crippen LogP contribution in [-0.2, 0) is 5.41 Å². The van der Waals surface area contributed by atoms with Crippen LogP contribution in [0.3, 0.4) is 0 Å². The molecule has 0 aliphatic rings. The fourth-order valence-corrected chi connectivity index (χ4v) is 3.70. The minimum atomic E-state index is -0.399. The van der Waals surface area contributed by atoms with Crippen molar-refractivity contribution in [2.45, 2.75) is 26.2 Å². The number of rotatable bonds is 2. The number of carbonyl (C=O) groups excluding carboxylic acids is 1. The highest BCUT2D eigenvalue weighted by atomic mass is 16.3. The number of hydrogen-bond donors (Lipinski definition) is 3. The fourth-order valence-electron chi connectivity index (χ4n) is 3.70. The molecule has 2 heterocycles. The molecule has 0 atom stereocenters. The number of nitrogens with one attached hydrogen (secondary N) is 2. The lowest BCUT2D eigenvalue weighted by Crippen LogP contribution is -2.20. The van der Waals surface area contributed by atoms with Crippen LogP contribution in [0, 0.1) is 0 Å². The van der Waals surface area contributed by atoms with Crippen LogP contribution in [0.2, 0.25) is 0 Å². The van der Waals surface area contributed by atoms with Crippen molar-refractivity contribution in [1.29, 1.82) is 0 Å². The summed E-state index contributed by atoms with van der Waals surface area (Å²) >= 11 is 0. The Kier molecular flexibility index (Phi) is 4.48. The molecule has 0 aliphatic carbocycles. The number of imidazole rings is 1. The summed E-state index contributed by atoms with van der Waals surface area (Å²) in [6.07, 6.45) is 0. The molecule has 0 saturated carbocycles. The molecule has 5 aromatic rings. The average Bonchev–Trinajstić information content (AvgIpc) is 3.35. The molecule has 0 saturated heterocycles. The summed E-state index contributed by atoms with van der Waals surface area (Å²) in [7, 11) is 0. The van der Waals surface area contributed by atoms with Crippen molar-refractivity contribution in [3.63, 3.8) is 0 Å². The molecule has 160 valence electrons. The minimum absolute atomic E-state index is 0.0217. The number of benzene rings is 3. The number of para-hydroxylation sites is 1. The second-order valence-corrected chi connectivity index (χ2v) is 8.82. The van der Waals surface area contributed by atoms with Crippen molar-refractivity contribution in [2.24, 2.45) is 0 Å². The highest BCUT2D eigenvalue weighted by Gasteiger charge is 2.20. The number of H-pyrrole nitrogens is 1. The van der Waals surface area contributed by atoms with Crippen LogP contribution in [-0.4, -0.2) is 30.9 Å². The number of hydrogen-bond acceptors (Lipinski definition) is 4. The third kappa shape index (κ3) is 3.47. The van der Waals surface area contributed by atoms with Gasteiger partial charge < -0.3 is 15.4 Å². The first-order valence-corrected chi connectivity index (χ1v) is 10.4. The number of aromatic hydroxyl groups is 1. The lowest BCUT2D eigenvalue weighted by molar-refractivity contribution is 0.252. The molecule has 2 aromatic heterocycles. The SMILES string of the molecule is CC(C)(C)c1ccc2[nH]c(-c3nn(C(=O)Nc4ccc(O)cc4)c4ccccc34)nc2c1. The minimum Gasteiger partial charge on any atom is -0.508 e. The summed E-state index contributed by atoms with van der Waals surface area (Å²) < 4.78 is 1.34. The van der Waals surface area contributed by atoms with Crippen LogP contribution in [0.25, 0.3) is 33.5 Å². The van der Waals surface area contributed by atoms with Crippen LogP contribution in [0.15, 0.2) is 66.7 Å². The quantitative estimate of drug-likeness (QED) is 0.318. The van der Waals surface area contributed by atoms with Gasteiger partial charge in [0.15, 0.2) is 5.82 Å². The number of phenols is 1. The highest BCUT2D eigenvalue weighted by Crippen LogP contribution is 2.30. The Morgan fingerprint density at radius 2 is 1.78 bits per heavy atom. The van der Waals surface area contributed by atoms with E-state index in [4.69, 9.17) is 4.98 Å². The number of anilines is 1. The van der Waals surface area contributed by atoms with E-state index in [9.17, 15) is 9.90 Å². The molecule has 0 aliphatic heterocycles. The largest absolute Gasteiger partial charge is 0.508 e. The zero-order valence-electron chi connectivity index (χ0n) is 18.0. The molecule has 0 radical (unpaired) electrons. The van der Waals surface area contributed by atoms with Crippen molar-refractivity contribution < 1.29 is 9.90 Å². The molecule has 7 heteroatoms. The number of phenolic OH excluding ortho intramolecular Hbond substituents is 1. The van der Waals surface area contributed by atoms with Gasteiger partial charge in [-0.3, -0.25) is 0 Å². The predicted octanol–water partition coefficient (Wildman–Crippen LogP) is 5.66. The molecule has 0 bridgehead atoms. The maximum atomic E-state index is 13.0. The third-order valence-electron chi connectivity index (χ3n) is 5.47. The van der Waals surface area contributed by atoms with Gasteiger partial charge >= 0.3 is 6.03 Å². The number of aromatic nitrogens is 4. The molecular weight excluding hydrogens is 402 g/mol. The smallest absolute Gasteiger partial charge is 0.347 e. The summed E-state index contributed by atoms with van der Waals surface area (Å²) in [6, 6.07) is 19.7. The first-order valence-electron chi connectivity index (χ1n) is 10.4. The van der Waals surface area contributed by atoms with E-state index in [1.807, 2.05) is 30.3 Å². The summed E-state index contributed by atoms with van der Waals surface area (Å²) in [5, 5.41) is 17.7. The van der Waals surface area contributed by atoms with Crippen LogP contribution >= 0.6 is 0 Å². The van der Waals surface area contributed by atoms with Crippen LogP contribution in [0.5, 0.6) is 5.75 Å². The number of amides is 1. The van der Waals surface area contributed by atoms with E-state index in [2.05, 4.69) is 48.3 Å². The zero-order chi connectivity index (χ0) is 22.5. The molecule has 3 aromatic carbocycles. The third-order valence-corrected chi connectivity index (χ3v) is 5.47. The van der Waals surface area contributed by atoms with E-state index in [1.54, 1.807) is 12.1 Å². The van der Waals surface area contributed by atoms with Crippen LogP contribution < -0.4 is 5.32 Å². The van der Waals surface area contributed by atoms with E-state index >= 15 is 0 Å². The topological polar surface area (TPSA) is 95.8 Å². The van der Waals surface area contributed by atoms with Gasteiger partial charge in [-0.2, -0.15) is 9.78 Å². The van der Waals surface area contributed by atoms with Gasteiger partial charge in [0.2, 0.25) is 0 Å². The molecule has 32 heavy (non-hydrogen) atoms. The van der Waals surface area contributed by atoms with Gasteiger partial charge in [0, 0.05) is 11.1 Å². The first-order chi connectivity index (χ1) is 15.3. The summed E-state index contributed by atoms with van der Waals surface area (Å²) in [5.41, 5.74) is 4.84. The van der Waals surface area contributed by atoms with E-state index in [1.165, 1.54) is 22.4 Å². The molecular formula is C25H23N5O2. The highest BCUT2D eigenvalue weighted by molar-refractivity contribution is 6.02. The number of fused-ring (bicyclic) bond motifs is 2. The number of aromatic amines is 1. The Labute approximate surface area is 184 Å². The van der Waals surface area contributed by atoms with Gasteiger partial charge in [-0.25, -0.2) is 9.78 Å². The predicted molar refractivity (Wildman–Crippen MR) is 126 cm³/mol. The fraction of sp³-hybridized carbons (Fsp3) is 0.160. The zero-order valence-corrected chi connectivity index (χ0v) is 18.0. The Balaban J connectivity index is 1.58. The van der Waals surface area contributed by atoms with Gasteiger partial charge in [-0.1, -0.05) is 45.0 Å². The molecule has 5 rings (SSSR count). The monoisotopic (exact) mass is 425 g/mol. The first kappa shape index (κ1) is 19.8. The lowest BCUT2D eigenvalue weighted by atomic mass is 9.87. The van der Waals surface area contributed by atoms with E-state index in [0.717, 1.165) is 16.4 Å². The summed E-state index contributed by atoms with van der Waals surface area (Å²) in [4.78, 5) is 21.1. The molecule has 3 N–H and O–H groups in total. The van der Waals surface area contributed by atoms with E-state index in [0.29, 0.717) is 22.7 Å². The Bertz CT molecular complexity index is 1460. The molecule has 0 fully saturated rings. The van der Waals surface area contributed by atoms with Crippen molar-refractivity contribution in [3.8, 4) is 17.3 Å². The summed E-state index contributed by atoms with van der Waals surface area (Å²) in [6.45, 7) is 6.51. The van der Waals surface area contributed by atoms with E-state index in [-0.39, 0.29) is 11.2 Å². The Hall–Kier alpha value is -4.13. The molecule has 7 nitrogen and oxygen atoms in total. The maximum Gasteiger partial charge on any atom is 0.347 e. The van der Waals surface area contributed by atoms with Gasteiger partial charge in [0.25, 0.3) is 0 Å². The van der Waals surface area contributed by atoms with Gasteiger partial charge in [0.1, 0.15) is 11.4 Å². The molecule has 1 amide bonds. The summed E-state index contributed by atoms with van der Waals surface area (Å²) in [5.74, 6) is 0.743. The second-order valence-electron chi connectivity index (χ2n) is 8.82. The average molecular weight is 425 g/mol. The van der Waals surface area contributed by atoms with Gasteiger partial charge in [-0.15, -0.1) is 0 Å². The van der Waals surface area contributed by atoms with Gasteiger partial charge in [0.05, 0.1) is 16.6 Å². The van der Waals surface area contributed by atoms with E-state index < -0.39 is 6.03 Å².